The van der Waals surface area contributed by atoms with E-state index in [-0.39, 0.29) is 62.0 Å². The Labute approximate surface area is 386 Å². The Morgan fingerprint density at radius 2 is 1.32 bits per heavy atom. The molecule has 0 spiro atoms. The fourth-order valence-electron chi connectivity index (χ4n) is 7.36. The van der Waals surface area contributed by atoms with Gasteiger partial charge in [0.15, 0.2) is 5.96 Å². The summed E-state index contributed by atoms with van der Waals surface area (Å²) in [5, 5.41) is 39.6. The van der Waals surface area contributed by atoms with Crippen molar-refractivity contribution in [3.8, 4) is 5.75 Å². The molecule has 1 saturated heterocycles. The van der Waals surface area contributed by atoms with E-state index in [0.29, 0.717) is 29.7 Å². The number of carboxylic acid groups (broad SMARTS) is 1. The molecule has 1 aliphatic heterocycles. The van der Waals surface area contributed by atoms with Crippen LogP contribution in [-0.4, -0.2) is 124 Å². The van der Waals surface area contributed by atoms with Gasteiger partial charge in [0.05, 0.1) is 12.6 Å². The van der Waals surface area contributed by atoms with Crippen LogP contribution in [0.4, 0.5) is 0 Å². The number of guanidine groups is 1. The number of aromatic nitrogens is 1. The number of carbonyl (C=O) groups is 7. The van der Waals surface area contributed by atoms with Crippen molar-refractivity contribution in [2.75, 3.05) is 25.4 Å². The number of nitrogens with two attached hydrogens (primary N) is 2. The van der Waals surface area contributed by atoms with Crippen molar-refractivity contribution in [2.24, 2.45) is 16.5 Å². The van der Waals surface area contributed by atoms with E-state index < -0.39 is 78.3 Å². The van der Waals surface area contributed by atoms with Crippen LogP contribution in [0.25, 0.3) is 10.9 Å². The number of aliphatic imine (C=N–C) groups is 1. The maximum Gasteiger partial charge on any atom is 0.326 e. The van der Waals surface area contributed by atoms with Crippen molar-refractivity contribution < 1.29 is 43.8 Å². The number of fused-ring (bicyclic) bond motifs is 1. The molecule has 20 nitrogen and oxygen atoms in total. The number of nitrogens with one attached hydrogen (secondary N) is 8. The summed E-state index contributed by atoms with van der Waals surface area (Å²) in [6, 6.07) is 14.8. The largest absolute Gasteiger partial charge is 0.508 e. The van der Waals surface area contributed by atoms with Gasteiger partial charge in [0.2, 0.25) is 35.4 Å². The standard InChI is InChI=1S/C45H57N11O9S/c46-45(47)49-19-7-13-33(40(60)56-36(44(64)65)21-26-8-2-1-3-9-26)53-42(62)35(22-28-23-50-31-11-5-4-10-30(28)31)55-41(61)34(20-27-14-16-29(57)17-15-27)54-43(63)37(25-66)52-38(58)24-51-39(59)32-12-6-18-48-32/h1-5,8-11,14-17,23,32-37,48,50,57,66H,6-7,12-13,18-22,24-25H2,(H,51,59)(H,52,58)(H,53,62)(H,54,63)(H,55,61)(H,56,60)(H,64,65)(H4,46,47,49). The number of thiol groups is 1. The highest BCUT2D eigenvalue weighted by molar-refractivity contribution is 7.80. The summed E-state index contributed by atoms with van der Waals surface area (Å²) >= 11 is 4.26. The summed E-state index contributed by atoms with van der Waals surface area (Å²) in [7, 11) is 0. The first-order valence-corrected chi connectivity index (χ1v) is 22.1. The average Bonchev–Trinajstić information content (AvgIpc) is 4.00. The molecular formula is C45H57N11O9S. The van der Waals surface area contributed by atoms with Gasteiger partial charge in [-0.2, -0.15) is 12.6 Å². The lowest BCUT2D eigenvalue weighted by atomic mass is 10.0. The third-order valence-electron chi connectivity index (χ3n) is 10.9. The van der Waals surface area contributed by atoms with Crippen molar-refractivity contribution in [3.05, 3.63) is 102 Å². The molecule has 1 fully saturated rings. The number of benzene rings is 3. The van der Waals surface area contributed by atoms with Crippen LogP contribution < -0.4 is 48.7 Å². The Bertz CT molecular complexity index is 2340. The molecule has 1 aliphatic rings. The van der Waals surface area contributed by atoms with Gasteiger partial charge in [0.1, 0.15) is 36.0 Å². The van der Waals surface area contributed by atoms with Crippen molar-refractivity contribution in [1.29, 1.82) is 0 Å². The normalized spacial score (nSPS) is 15.5. The Morgan fingerprint density at radius 1 is 0.727 bits per heavy atom. The Morgan fingerprint density at radius 3 is 1.97 bits per heavy atom. The topological polar surface area (TPSA) is 324 Å². The molecule has 1 aromatic heterocycles. The highest BCUT2D eigenvalue weighted by atomic mass is 32.1. The number of H-pyrrole nitrogens is 1. The highest BCUT2D eigenvalue weighted by Crippen LogP contribution is 2.20. The molecule has 2 heterocycles. The van der Waals surface area contributed by atoms with Gasteiger partial charge in [-0.25, -0.2) is 4.79 Å². The van der Waals surface area contributed by atoms with Gasteiger partial charge in [-0.15, -0.1) is 0 Å². The van der Waals surface area contributed by atoms with Gasteiger partial charge in [0, 0.05) is 48.7 Å². The van der Waals surface area contributed by atoms with Crippen molar-refractivity contribution in [1.82, 2.24) is 42.2 Å². The zero-order chi connectivity index (χ0) is 47.6. The SMILES string of the molecule is NC(N)=NCCCC(NC(=O)C(Cc1c[nH]c2ccccc12)NC(=O)C(Cc1ccc(O)cc1)NC(=O)C(CS)NC(=O)CNC(=O)C1CCCN1)C(=O)NC(Cc1ccccc1)C(=O)O. The Kier molecular flexibility index (Phi) is 18.7. The number of phenolic OH excluding ortho intramolecular Hbond substituents is 1. The predicted molar refractivity (Wildman–Crippen MR) is 249 cm³/mol. The summed E-state index contributed by atoms with van der Waals surface area (Å²) in [6.07, 6.45) is 3.01. The fourth-order valence-corrected chi connectivity index (χ4v) is 7.61. The smallest absolute Gasteiger partial charge is 0.326 e. The number of rotatable bonds is 24. The molecule has 0 saturated carbocycles. The van der Waals surface area contributed by atoms with E-state index in [4.69, 9.17) is 11.5 Å². The van der Waals surface area contributed by atoms with E-state index in [1.807, 2.05) is 18.2 Å². The average molecular weight is 928 g/mol. The van der Waals surface area contributed by atoms with Gasteiger partial charge < -0.3 is 63.9 Å². The second-order valence-electron chi connectivity index (χ2n) is 15.8. The molecule has 0 aliphatic carbocycles. The summed E-state index contributed by atoms with van der Waals surface area (Å²) in [5.41, 5.74) is 13.6. The Hall–Kier alpha value is -7.13. The van der Waals surface area contributed by atoms with Crippen LogP contribution in [0, 0.1) is 0 Å². The summed E-state index contributed by atoms with van der Waals surface area (Å²) in [5.74, 6) is -5.96. The van der Waals surface area contributed by atoms with Crippen LogP contribution in [-0.2, 0) is 52.8 Å². The molecule has 0 bridgehead atoms. The lowest BCUT2D eigenvalue weighted by Gasteiger charge is -2.27. The summed E-state index contributed by atoms with van der Waals surface area (Å²) < 4.78 is 0. The zero-order valence-electron chi connectivity index (χ0n) is 36.1. The molecule has 352 valence electrons. The zero-order valence-corrected chi connectivity index (χ0v) is 37.0. The maximum absolute atomic E-state index is 14.5. The number of amides is 6. The number of para-hydroxylation sites is 1. The lowest BCUT2D eigenvalue weighted by Crippen LogP contribution is -2.60. The maximum atomic E-state index is 14.5. The number of hydrogen-bond donors (Lipinski definition) is 13. The van der Waals surface area contributed by atoms with E-state index >= 15 is 0 Å². The molecule has 14 N–H and O–H groups in total. The number of phenols is 1. The quantitative estimate of drug-likeness (QED) is 0.0179. The van der Waals surface area contributed by atoms with Crippen LogP contribution in [0.15, 0.2) is 90.1 Å². The van der Waals surface area contributed by atoms with Crippen LogP contribution in [0.5, 0.6) is 5.75 Å². The number of aromatic hydroxyl groups is 1. The van der Waals surface area contributed by atoms with E-state index in [0.717, 1.165) is 17.3 Å². The molecule has 0 radical (unpaired) electrons. The van der Waals surface area contributed by atoms with E-state index in [2.05, 4.69) is 59.8 Å². The van der Waals surface area contributed by atoms with Crippen molar-refractivity contribution in [2.45, 2.75) is 81.2 Å². The van der Waals surface area contributed by atoms with Crippen LogP contribution in [0.3, 0.4) is 0 Å². The molecule has 4 aromatic rings. The van der Waals surface area contributed by atoms with E-state index in [1.165, 1.54) is 12.1 Å². The second kappa shape index (κ2) is 24.8. The highest BCUT2D eigenvalue weighted by Gasteiger charge is 2.33. The molecule has 6 unspecified atom stereocenters. The summed E-state index contributed by atoms with van der Waals surface area (Å²) in [4.78, 5) is 101. The second-order valence-corrected chi connectivity index (χ2v) is 16.2. The van der Waals surface area contributed by atoms with Gasteiger partial charge in [0.25, 0.3) is 0 Å². The molecular weight excluding hydrogens is 871 g/mol. The third-order valence-corrected chi connectivity index (χ3v) is 11.2. The van der Waals surface area contributed by atoms with E-state index in [9.17, 15) is 43.8 Å². The minimum Gasteiger partial charge on any atom is -0.508 e. The molecule has 5 rings (SSSR count). The van der Waals surface area contributed by atoms with Crippen molar-refractivity contribution >= 4 is 70.9 Å². The number of carbonyl (C=O) groups excluding carboxylic acids is 6. The van der Waals surface area contributed by atoms with Crippen LogP contribution in [0.1, 0.15) is 42.4 Å². The molecule has 3 aromatic carbocycles. The summed E-state index contributed by atoms with van der Waals surface area (Å²) in [6.45, 7) is 0.361. The minimum atomic E-state index is -1.39. The first-order valence-electron chi connectivity index (χ1n) is 21.5. The van der Waals surface area contributed by atoms with Gasteiger partial charge in [-0.3, -0.25) is 33.8 Å². The van der Waals surface area contributed by atoms with Gasteiger partial charge in [-0.05, 0) is 67.1 Å². The third kappa shape index (κ3) is 15.3. The number of carboxylic acids is 1. The first kappa shape index (κ1) is 49.9. The number of hydrogen-bond acceptors (Lipinski definition) is 11. The molecule has 6 atom stereocenters. The molecule has 21 heteroatoms. The first-order chi connectivity index (χ1) is 31.7. The van der Waals surface area contributed by atoms with Gasteiger partial charge >= 0.3 is 5.97 Å². The molecule has 66 heavy (non-hydrogen) atoms. The van der Waals surface area contributed by atoms with Crippen molar-refractivity contribution in [3.63, 3.8) is 0 Å². The number of nitrogens with zero attached hydrogens (tertiary/aromatic N) is 1. The number of aliphatic carboxylic acids is 1. The predicted octanol–water partition coefficient (Wildman–Crippen LogP) is -0.738. The minimum absolute atomic E-state index is 0.0305. The molecule has 6 amide bonds. The van der Waals surface area contributed by atoms with Crippen LogP contribution in [0.2, 0.25) is 0 Å². The fraction of sp³-hybridized carbons (Fsp3) is 0.378. The number of aromatic amines is 1. The van der Waals surface area contributed by atoms with E-state index in [1.54, 1.807) is 54.7 Å². The monoisotopic (exact) mass is 927 g/mol. The Balaban J connectivity index is 1.39. The van der Waals surface area contributed by atoms with Crippen LogP contribution >= 0.6 is 12.6 Å². The lowest BCUT2D eigenvalue weighted by molar-refractivity contribution is -0.142. The van der Waals surface area contributed by atoms with Gasteiger partial charge in [-0.1, -0.05) is 60.7 Å².